The molecule has 0 bridgehead atoms. The maximum atomic E-state index is 12.8. The summed E-state index contributed by atoms with van der Waals surface area (Å²) in [5.74, 6) is -0.878. The van der Waals surface area contributed by atoms with E-state index >= 15 is 0 Å². The van der Waals surface area contributed by atoms with Crippen LogP contribution in [0.5, 0.6) is 0 Å². The minimum absolute atomic E-state index is 0.117. The van der Waals surface area contributed by atoms with Gasteiger partial charge in [-0.2, -0.15) is 0 Å². The third-order valence-corrected chi connectivity index (χ3v) is 6.97. The number of anilines is 2. The second-order valence-electron chi connectivity index (χ2n) is 8.24. The van der Waals surface area contributed by atoms with Gasteiger partial charge < -0.3 is 15.1 Å². The van der Waals surface area contributed by atoms with Crippen molar-refractivity contribution >= 4 is 39.1 Å². The van der Waals surface area contributed by atoms with Crippen molar-refractivity contribution in [2.24, 2.45) is 5.92 Å². The number of rotatable bonds is 6. The molecule has 6 nitrogen and oxygen atoms in total. The van der Waals surface area contributed by atoms with Crippen LogP contribution in [0.3, 0.4) is 0 Å². The van der Waals surface area contributed by atoms with Crippen molar-refractivity contribution in [1.82, 2.24) is 10.2 Å². The van der Waals surface area contributed by atoms with Crippen molar-refractivity contribution < 1.29 is 9.59 Å². The first-order valence-corrected chi connectivity index (χ1v) is 11.7. The molecule has 2 aliphatic rings. The summed E-state index contributed by atoms with van der Waals surface area (Å²) in [5, 5.41) is 3.03. The lowest BCUT2D eigenvalue weighted by atomic mass is 10.1. The fourth-order valence-electron chi connectivity index (χ4n) is 4.39. The summed E-state index contributed by atoms with van der Waals surface area (Å²) in [6.07, 6.45) is 0.552. The van der Waals surface area contributed by atoms with Gasteiger partial charge in [0.15, 0.2) is 0 Å². The Morgan fingerprint density at radius 2 is 1.71 bits per heavy atom. The van der Waals surface area contributed by atoms with Crippen molar-refractivity contribution in [2.75, 3.05) is 49.1 Å². The van der Waals surface area contributed by atoms with Crippen LogP contribution in [0.25, 0.3) is 0 Å². The normalized spacial score (nSPS) is 20.7. The Balaban J connectivity index is 1.25. The molecule has 2 fully saturated rings. The lowest BCUT2D eigenvalue weighted by Gasteiger charge is -2.39. The van der Waals surface area contributed by atoms with Gasteiger partial charge in [-0.1, -0.05) is 30.3 Å². The zero-order valence-corrected chi connectivity index (χ0v) is 19.4. The molecular weight excluding hydrogens is 456 g/mol. The monoisotopic (exact) mass is 484 g/mol. The van der Waals surface area contributed by atoms with Crippen LogP contribution >= 0.6 is 15.9 Å². The molecular formula is C24H29BrN4O2. The summed E-state index contributed by atoms with van der Waals surface area (Å²) in [4.78, 5) is 32.1. The fraction of sp³-hybridized carbons (Fsp3) is 0.417. The molecule has 2 saturated heterocycles. The molecule has 0 aliphatic carbocycles. The Labute approximate surface area is 192 Å². The number of carbonyl (C=O) groups is 2. The van der Waals surface area contributed by atoms with Gasteiger partial charge in [0.2, 0.25) is 11.8 Å². The first-order chi connectivity index (χ1) is 15.0. The first kappa shape index (κ1) is 21.8. The number of piperazine rings is 1. The SMILES string of the molecule is CC(CNC(=O)C1CCN(c2ccccc2Br)C1=O)N1CCN(c2ccccc2)CC1. The average Bonchev–Trinajstić information content (AvgIpc) is 3.19. The minimum Gasteiger partial charge on any atom is -0.369 e. The summed E-state index contributed by atoms with van der Waals surface area (Å²) in [5.41, 5.74) is 2.09. The quantitative estimate of drug-likeness (QED) is 0.639. The van der Waals surface area contributed by atoms with Crippen LogP contribution in [0.1, 0.15) is 13.3 Å². The lowest BCUT2D eigenvalue weighted by Crippen LogP contribution is -2.53. The number of halogens is 1. The van der Waals surface area contributed by atoms with E-state index in [0.29, 0.717) is 19.5 Å². The van der Waals surface area contributed by atoms with Crippen molar-refractivity contribution in [3.63, 3.8) is 0 Å². The molecule has 1 N–H and O–H groups in total. The molecule has 2 atom stereocenters. The topological polar surface area (TPSA) is 55.9 Å². The zero-order valence-electron chi connectivity index (χ0n) is 17.8. The van der Waals surface area contributed by atoms with Gasteiger partial charge in [-0.3, -0.25) is 14.5 Å². The molecule has 2 unspecified atom stereocenters. The van der Waals surface area contributed by atoms with Crippen LogP contribution in [0, 0.1) is 5.92 Å². The second kappa shape index (κ2) is 9.83. The standard InChI is InChI=1S/C24H29BrN4O2/c1-18(27-13-15-28(16-14-27)19-7-3-2-4-8-19)17-26-23(30)20-11-12-29(24(20)31)22-10-6-5-9-21(22)25/h2-10,18,20H,11-17H2,1H3,(H,26,30). The van der Waals surface area contributed by atoms with Gasteiger partial charge in [-0.25, -0.2) is 0 Å². The number of amides is 2. The highest BCUT2D eigenvalue weighted by molar-refractivity contribution is 9.10. The van der Waals surface area contributed by atoms with E-state index in [9.17, 15) is 9.59 Å². The van der Waals surface area contributed by atoms with Gasteiger partial charge in [0.1, 0.15) is 5.92 Å². The van der Waals surface area contributed by atoms with Crippen molar-refractivity contribution in [2.45, 2.75) is 19.4 Å². The number of hydrogen-bond acceptors (Lipinski definition) is 4. The molecule has 7 heteroatoms. The highest BCUT2D eigenvalue weighted by Gasteiger charge is 2.38. The van der Waals surface area contributed by atoms with Crippen LogP contribution in [-0.4, -0.2) is 62.0 Å². The van der Waals surface area contributed by atoms with Crippen LogP contribution in [0.2, 0.25) is 0 Å². The third kappa shape index (κ3) is 4.93. The Morgan fingerprint density at radius 3 is 2.42 bits per heavy atom. The number of benzene rings is 2. The molecule has 0 spiro atoms. The summed E-state index contributed by atoms with van der Waals surface area (Å²) in [6, 6.07) is 18.3. The van der Waals surface area contributed by atoms with E-state index in [1.807, 2.05) is 30.3 Å². The van der Waals surface area contributed by atoms with E-state index in [-0.39, 0.29) is 17.9 Å². The maximum Gasteiger partial charge on any atom is 0.239 e. The number of nitrogens with zero attached hydrogens (tertiary/aromatic N) is 3. The number of nitrogens with one attached hydrogen (secondary N) is 1. The Kier molecular flexibility index (Phi) is 6.92. The predicted molar refractivity (Wildman–Crippen MR) is 127 cm³/mol. The average molecular weight is 485 g/mol. The molecule has 2 aromatic carbocycles. The van der Waals surface area contributed by atoms with Gasteiger partial charge in [-0.05, 0) is 53.5 Å². The largest absolute Gasteiger partial charge is 0.369 e. The first-order valence-electron chi connectivity index (χ1n) is 10.9. The maximum absolute atomic E-state index is 12.8. The van der Waals surface area contributed by atoms with Gasteiger partial charge in [0, 0.05) is 55.5 Å². The van der Waals surface area contributed by atoms with Crippen molar-refractivity contribution in [3.05, 3.63) is 59.1 Å². The fourth-order valence-corrected chi connectivity index (χ4v) is 4.89. The van der Waals surface area contributed by atoms with E-state index in [2.05, 4.69) is 62.2 Å². The highest BCUT2D eigenvalue weighted by Crippen LogP contribution is 2.31. The molecule has 31 heavy (non-hydrogen) atoms. The van der Waals surface area contributed by atoms with Gasteiger partial charge in [0.05, 0.1) is 5.69 Å². The molecule has 4 rings (SSSR count). The highest BCUT2D eigenvalue weighted by atomic mass is 79.9. The van der Waals surface area contributed by atoms with Crippen molar-refractivity contribution in [3.8, 4) is 0 Å². The van der Waals surface area contributed by atoms with Gasteiger partial charge in [0.25, 0.3) is 0 Å². The van der Waals surface area contributed by atoms with E-state index in [1.54, 1.807) is 4.90 Å². The van der Waals surface area contributed by atoms with Crippen LogP contribution in [-0.2, 0) is 9.59 Å². The van der Waals surface area contributed by atoms with Gasteiger partial charge in [-0.15, -0.1) is 0 Å². The molecule has 2 heterocycles. The van der Waals surface area contributed by atoms with E-state index in [4.69, 9.17) is 0 Å². The summed E-state index contributed by atoms with van der Waals surface area (Å²) in [6.45, 7) is 7.14. The molecule has 2 aliphatic heterocycles. The number of carbonyl (C=O) groups excluding carboxylic acids is 2. The van der Waals surface area contributed by atoms with E-state index in [1.165, 1.54) is 5.69 Å². The smallest absolute Gasteiger partial charge is 0.239 e. The Morgan fingerprint density at radius 1 is 1.03 bits per heavy atom. The van der Waals surface area contributed by atoms with E-state index in [0.717, 1.165) is 36.3 Å². The summed E-state index contributed by atoms with van der Waals surface area (Å²) >= 11 is 3.50. The number of para-hydroxylation sites is 2. The molecule has 2 aromatic rings. The van der Waals surface area contributed by atoms with Crippen molar-refractivity contribution in [1.29, 1.82) is 0 Å². The molecule has 164 valence electrons. The molecule has 0 aromatic heterocycles. The second-order valence-corrected chi connectivity index (χ2v) is 9.09. The molecule has 0 saturated carbocycles. The van der Waals surface area contributed by atoms with Crippen LogP contribution in [0.15, 0.2) is 59.1 Å². The van der Waals surface area contributed by atoms with Gasteiger partial charge >= 0.3 is 0 Å². The Bertz CT molecular complexity index is 915. The molecule has 0 radical (unpaired) electrons. The van der Waals surface area contributed by atoms with Crippen LogP contribution < -0.4 is 15.1 Å². The number of hydrogen-bond donors (Lipinski definition) is 1. The third-order valence-electron chi connectivity index (χ3n) is 6.30. The van der Waals surface area contributed by atoms with Crippen LogP contribution in [0.4, 0.5) is 11.4 Å². The Hall–Kier alpha value is -2.38. The summed E-state index contributed by atoms with van der Waals surface area (Å²) in [7, 11) is 0. The minimum atomic E-state index is -0.603. The molecule has 2 amide bonds. The summed E-state index contributed by atoms with van der Waals surface area (Å²) < 4.78 is 0.868. The zero-order chi connectivity index (χ0) is 21.8. The lowest BCUT2D eigenvalue weighted by molar-refractivity contribution is -0.132. The van der Waals surface area contributed by atoms with E-state index < -0.39 is 5.92 Å². The predicted octanol–water partition coefficient (Wildman–Crippen LogP) is 3.13.